The number of fused-ring (bicyclic) bond motifs is 1. The summed E-state index contributed by atoms with van der Waals surface area (Å²) in [4.78, 5) is 7.79. The molecule has 2 heterocycles. The van der Waals surface area contributed by atoms with Gasteiger partial charge in [-0.3, -0.25) is 9.80 Å². The van der Waals surface area contributed by atoms with Crippen LogP contribution in [0.2, 0.25) is 0 Å². The molecule has 1 unspecified atom stereocenters. The molecule has 0 aliphatic carbocycles. The fourth-order valence-electron chi connectivity index (χ4n) is 4.31. The molecule has 0 amide bonds. The number of benzene rings is 2. The van der Waals surface area contributed by atoms with Crippen LogP contribution in [-0.2, 0) is 6.54 Å². The summed E-state index contributed by atoms with van der Waals surface area (Å²) < 4.78 is 0. The average molecular weight is 335 g/mol. The number of rotatable bonds is 3. The summed E-state index contributed by atoms with van der Waals surface area (Å²) in [6, 6.07) is 18.5. The highest BCUT2D eigenvalue weighted by Crippen LogP contribution is 2.25. The Balaban J connectivity index is 1.46. The highest BCUT2D eigenvalue weighted by Gasteiger charge is 2.30. The van der Waals surface area contributed by atoms with Crippen LogP contribution in [0.25, 0.3) is 11.1 Å². The first-order chi connectivity index (χ1) is 12.2. The van der Waals surface area contributed by atoms with E-state index in [1.807, 2.05) is 0 Å². The molecule has 0 aromatic heterocycles. The molecule has 0 spiro atoms. The normalized spacial score (nSPS) is 22.7. The second kappa shape index (κ2) is 7.28. The van der Waals surface area contributed by atoms with Crippen LogP contribution < -0.4 is 0 Å². The summed E-state index contributed by atoms with van der Waals surface area (Å²) in [6.07, 6.45) is 0. The second-order valence-corrected chi connectivity index (χ2v) is 7.70. The molecule has 4 rings (SSSR count). The first-order valence-electron chi connectivity index (χ1n) is 9.49. The maximum absolute atomic E-state index is 2.68. The average Bonchev–Trinajstić information content (AvgIpc) is 2.62. The Morgan fingerprint density at radius 3 is 2.64 bits per heavy atom. The first-order valence-corrected chi connectivity index (χ1v) is 9.49. The van der Waals surface area contributed by atoms with Gasteiger partial charge in [0.25, 0.3) is 0 Å². The zero-order valence-electron chi connectivity index (χ0n) is 15.5. The quantitative estimate of drug-likeness (QED) is 0.853. The van der Waals surface area contributed by atoms with Crippen molar-refractivity contribution >= 4 is 0 Å². The number of likely N-dealkylation sites (N-methyl/N-ethyl adjacent to an activating group) is 1. The van der Waals surface area contributed by atoms with Crippen LogP contribution in [-0.4, -0.2) is 67.1 Å². The molecule has 1 atom stereocenters. The fraction of sp³-hybridized carbons (Fsp3) is 0.455. The van der Waals surface area contributed by atoms with Crippen molar-refractivity contribution < 1.29 is 0 Å². The minimum Gasteiger partial charge on any atom is -0.303 e. The summed E-state index contributed by atoms with van der Waals surface area (Å²) in [5, 5.41) is 0. The van der Waals surface area contributed by atoms with Crippen LogP contribution in [0.1, 0.15) is 11.1 Å². The largest absolute Gasteiger partial charge is 0.303 e. The van der Waals surface area contributed by atoms with Gasteiger partial charge in [0.15, 0.2) is 0 Å². The maximum atomic E-state index is 2.68. The van der Waals surface area contributed by atoms with Crippen molar-refractivity contribution in [1.82, 2.24) is 14.7 Å². The highest BCUT2D eigenvalue weighted by molar-refractivity contribution is 5.67. The topological polar surface area (TPSA) is 9.72 Å². The Bertz CT molecular complexity index is 727. The van der Waals surface area contributed by atoms with Crippen LogP contribution in [0.4, 0.5) is 0 Å². The molecule has 0 N–H and O–H groups in total. The molecule has 25 heavy (non-hydrogen) atoms. The maximum Gasteiger partial charge on any atom is 0.0351 e. The van der Waals surface area contributed by atoms with Crippen molar-refractivity contribution in [2.45, 2.75) is 19.5 Å². The molecule has 3 heteroatoms. The molecule has 2 aliphatic heterocycles. The Morgan fingerprint density at radius 2 is 1.76 bits per heavy atom. The fourth-order valence-corrected chi connectivity index (χ4v) is 4.31. The van der Waals surface area contributed by atoms with Gasteiger partial charge in [0, 0.05) is 51.9 Å². The SMILES string of the molecule is Cc1ccccc1-c1cccc(CN2CCN3CCN(C)CC3C2)c1. The number of hydrogen-bond acceptors (Lipinski definition) is 3. The van der Waals surface area contributed by atoms with E-state index < -0.39 is 0 Å². The predicted octanol–water partition coefficient (Wildman–Crippen LogP) is 3.09. The number of piperazine rings is 2. The van der Waals surface area contributed by atoms with Crippen molar-refractivity contribution in [3.05, 3.63) is 59.7 Å². The van der Waals surface area contributed by atoms with Gasteiger partial charge in [-0.2, -0.15) is 0 Å². The van der Waals surface area contributed by atoms with E-state index in [2.05, 4.69) is 77.2 Å². The van der Waals surface area contributed by atoms with Gasteiger partial charge in [0.05, 0.1) is 0 Å². The predicted molar refractivity (Wildman–Crippen MR) is 105 cm³/mol. The van der Waals surface area contributed by atoms with Crippen LogP contribution in [0.5, 0.6) is 0 Å². The van der Waals surface area contributed by atoms with Gasteiger partial charge in [0.1, 0.15) is 0 Å². The molecule has 0 bridgehead atoms. The Kier molecular flexibility index (Phi) is 4.89. The lowest BCUT2D eigenvalue weighted by Crippen LogP contribution is -2.61. The lowest BCUT2D eigenvalue weighted by atomic mass is 9.98. The highest BCUT2D eigenvalue weighted by atomic mass is 15.3. The molecule has 2 aromatic rings. The Morgan fingerprint density at radius 1 is 0.920 bits per heavy atom. The molecular weight excluding hydrogens is 306 g/mol. The monoisotopic (exact) mass is 335 g/mol. The number of aryl methyl sites for hydroxylation is 1. The van der Waals surface area contributed by atoms with E-state index in [1.54, 1.807) is 0 Å². The summed E-state index contributed by atoms with van der Waals surface area (Å²) in [7, 11) is 2.25. The lowest BCUT2D eigenvalue weighted by molar-refractivity contribution is 0.0175. The molecule has 2 aromatic carbocycles. The summed E-state index contributed by atoms with van der Waals surface area (Å²) >= 11 is 0. The van der Waals surface area contributed by atoms with Crippen molar-refractivity contribution in [2.24, 2.45) is 0 Å². The third-order valence-corrected chi connectivity index (χ3v) is 5.77. The minimum atomic E-state index is 0.701. The smallest absolute Gasteiger partial charge is 0.0351 e. The third kappa shape index (κ3) is 3.79. The zero-order valence-corrected chi connectivity index (χ0v) is 15.5. The van der Waals surface area contributed by atoms with E-state index in [9.17, 15) is 0 Å². The van der Waals surface area contributed by atoms with Crippen molar-refractivity contribution in [2.75, 3.05) is 46.3 Å². The van der Waals surface area contributed by atoms with E-state index in [0.29, 0.717) is 6.04 Å². The van der Waals surface area contributed by atoms with Gasteiger partial charge in [-0.15, -0.1) is 0 Å². The molecule has 2 fully saturated rings. The standard InChI is InChI=1S/C22H29N3/c1-18-6-3-4-9-22(18)20-8-5-7-19(14-20)15-24-11-13-25-12-10-23(2)16-21(25)17-24/h3-9,14,21H,10-13,15-17H2,1-2H3. The van der Waals surface area contributed by atoms with Crippen LogP contribution in [0.15, 0.2) is 48.5 Å². The molecular formula is C22H29N3. The minimum absolute atomic E-state index is 0.701. The van der Waals surface area contributed by atoms with Crippen molar-refractivity contribution in [3.8, 4) is 11.1 Å². The van der Waals surface area contributed by atoms with Crippen molar-refractivity contribution in [1.29, 1.82) is 0 Å². The molecule has 2 aliphatic rings. The molecule has 2 saturated heterocycles. The van der Waals surface area contributed by atoms with Crippen LogP contribution in [0.3, 0.4) is 0 Å². The second-order valence-electron chi connectivity index (χ2n) is 7.70. The molecule has 0 radical (unpaired) electrons. The summed E-state index contributed by atoms with van der Waals surface area (Å²) in [5.74, 6) is 0. The zero-order chi connectivity index (χ0) is 17.2. The van der Waals surface area contributed by atoms with Crippen molar-refractivity contribution in [3.63, 3.8) is 0 Å². The van der Waals surface area contributed by atoms with E-state index in [1.165, 1.54) is 61.5 Å². The van der Waals surface area contributed by atoms with E-state index in [4.69, 9.17) is 0 Å². The van der Waals surface area contributed by atoms with Gasteiger partial charge >= 0.3 is 0 Å². The third-order valence-electron chi connectivity index (χ3n) is 5.77. The Labute approximate surface area is 151 Å². The molecule has 132 valence electrons. The van der Waals surface area contributed by atoms with Gasteiger partial charge < -0.3 is 4.90 Å². The van der Waals surface area contributed by atoms with Crippen LogP contribution >= 0.6 is 0 Å². The van der Waals surface area contributed by atoms with E-state index >= 15 is 0 Å². The van der Waals surface area contributed by atoms with E-state index in [0.717, 1.165) is 6.54 Å². The van der Waals surface area contributed by atoms with Gasteiger partial charge in [0.2, 0.25) is 0 Å². The van der Waals surface area contributed by atoms with Gasteiger partial charge in [-0.1, -0.05) is 42.5 Å². The van der Waals surface area contributed by atoms with Crippen LogP contribution in [0, 0.1) is 6.92 Å². The van der Waals surface area contributed by atoms with Gasteiger partial charge in [-0.05, 0) is 42.3 Å². The first kappa shape index (κ1) is 16.8. The lowest BCUT2D eigenvalue weighted by Gasteiger charge is -2.46. The Hall–Kier alpha value is -1.68. The van der Waals surface area contributed by atoms with E-state index in [-0.39, 0.29) is 0 Å². The molecule has 0 saturated carbocycles. The van der Waals surface area contributed by atoms with Gasteiger partial charge in [-0.25, -0.2) is 0 Å². The summed E-state index contributed by atoms with van der Waals surface area (Å²) in [6.45, 7) is 10.5. The number of hydrogen-bond donors (Lipinski definition) is 0. The number of nitrogens with zero attached hydrogens (tertiary/aromatic N) is 3. The summed E-state index contributed by atoms with van der Waals surface area (Å²) in [5.41, 5.74) is 5.46. The molecule has 3 nitrogen and oxygen atoms in total.